The highest BCUT2D eigenvalue weighted by Gasteiger charge is 2.32. The molecule has 1 amide bonds. The highest BCUT2D eigenvalue weighted by atomic mass is 19.4. The second-order valence-electron chi connectivity index (χ2n) is 5.17. The number of hydrogen-bond donors (Lipinski definition) is 1. The van der Waals surface area contributed by atoms with Gasteiger partial charge in [0.25, 0.3) is 5.91 Å². The van der Waals surface area contributed by atoms with Crippen LogP contribution in [0.25, 0.3) is 11.3 Å². The monoisotopic (exact) mass is 347 g/mol. The Bertz CT molecular complexity index is 876. The lowest BCUT2D eigenvalue weighted by molar-refractivity contribution is -0.141. The summed E-state index contributed by atoms with van der Waals surface area (Å²) in [6.45, 7) is -0.0915. The van der Waals surface area contributed by atoms with Crippen LogP contribution >= 0.6 is 0 Å². The summed E-state index contributed by atoms with van der Waals surface area (Å²) in [7, 11) is 0. The number of benzene rings is 1. The second-order valence-corrected chi connectivity index (χ2v) is 5.17. The van der Waals surface area contributed by atoms with Crippen LogP contribution in [0.5, 0.6) is 0 Å². The van der Waals surface area contributed by atoms with E-state index in [0.717, 1.165) is 17.8 Å². The van der Waals surface area contributed by atoms with Crippen molar-refractivity contribution in [1.29, 1.82) is 0 Å². The number of halogens is 3. The van der Waals surface area contributed by atoms with Gasteiger partial charge in [-0.25, -0.2) is 0 Å². The van der Waals surface area contributed by atoms with Crippen LogP contribution in [-0.2, 0) is 12.7 Å². The predicted molar refractivity (Wildman–Crippen MR) is 82.3 cm³/mol. The number of pyridine rings is 1. The molecule has 0 radical (unpaired) electrons. The summed E-state index contributed by atoms with van der Waals surface area (Å²) >= 11 is 0. The first-order valence-electron chi connectivity index (χ1n) is 7.26. The molecule has 25 heavy (non-hydrogen) atoms. The van der Waals surface area contributed by atoms with Gasteiger partial charge in [-0.3, -0.25) is 9.78 Å². The first-order valence-corrected chi connectivity index (χ1v) is 7.26. The molecule has 0 unspecified atom stereocenters. The number of rotatable bonds is 4. The fraction of sp³-hybridized carbons (Fsp3) is 0.118. The van der Waals surface area contributed by atoms with E-state index in [1.807, 2.05) is 30.3 Å². The Kier molecular flexibility index (Phi) is 4.51. The lowest BCUT2D eigenvalue weighted by Gasteiger charge is -2.08. The smallest absolute Gasteiger partial charge is 0.350 e. The van der Waals surface area contributed by atoms with Crippen molar-refractivity contribution >= 4 is 5.91 Å². The molecule has 0 aliphatic heterocycles. The summed E-state index contributed by atoms with van der Waals surface area (Å²) in [5, 5.41) is 6.31. The minimum Gasteiger partial charge on any atom is -0.350 e. The number of nitrogens with one attached hydrogen (secondary N) is 1. The molecule has 0 aliphatic rings. The van der Waals surface area contributed by atoms with Gasteiger partial charge in [0.1, 0.15) is 11.4 Å². The molecule has 3 rings (SSSR count). The second kappa shape index (κ2) is 6.76. The molecular weight excluding hydrogens is 335 g/mol. The lowest BCUT2D eigenvalue weighted by atomic mass is 10.1. The zero-order chi connectivity index (χ0) is 17.9. The molecule has 3 aromatic rings. The molecule has 0 fully saturated rings. The minimum atomic E-state index is -4.53. The molecule has 1 aromatic carbocycles. The maximum atomic E-state index is 12.6. The van der Waals surface area contributed by atoms with Crippen LogP contribution < -0.4 is 5.32 Å². The van der Waals surface area contributed by atoms with E-state index in [9.17, 15) is 18.0 Å². The van der Waals surface area contributed by atoms with Crippen LogP contribution in [-0.4, -0.2) is 16.0 Å². The van der Waals surface area contributed by atoms with Crippen LogP contribution in [0, 0.1) is 0 Å². The van der Waals surface area contributed by atoms with Crippen molar-refractivity contribution in [1.82, 2.24) is 15.5 Å². The highest BCUT2D eigenvalue weighted by Crippen LogP contribution is 2.27. The Morgan fingerprint density at radius 2 is 1.88 bits per heavy atom. The predicted octanol–water partition coefficient (Wildman–Crippen LogP) is 3.69. The van der Waals surface area contributed by atoms with Crippen molar-refractivity contribution in [3.05, 3.63) is 71.7 Å². The topological polar surface area (TPSA) is 68.0 Å². The number of carbonyl (C=O) groups excluding carboxylic acids is 1. The number of carbonyl (C=O) groups is 1. The van der Waals surface area contributed by atoms with Crippen molar-refractivity contribution in [2.75, 3.05) is 0 Å². The Labute approximate surface area is 140 Å². The van der Waals surface area contributed by atoms with E-state index >= 15 is 0 Å². The molecule has 0 saturated carbocycles. The van der Waals surface area contributed by atoms with Crippen LogP contribution in [0.4, 0.5) is 13.2 Å². The third-order valence-corrected chi connectivity index (χ3v) is 3.37. The fourth-order valence-corrected chi connectivity index (χ4v) is 2.14. The highest BCUT2D eigenvalue weighted by molar-refractivity contribution is 5.92. The Hall–Kier alpha value is -3.16. The molecule has 8 heteroatoms. The molecule has 2 heterocycles. The van der Waals surface area contributed by atoms with Gasteiger partial charge in [0.2, 0.25) is 5.76 Å². The van der Waals surface area contributed by atoms with Gasteiger partial charge in [-0.15, -0.1) is 0 Å². The van der Waals surface area contributed by atoms with Crippen molar-refractivity contribution < 1.29 is 22.5 Å². The molecule has 128 valence electrons. The molecule has 0 saturated heterocycles. The van der Waals surface area contributed by atoms with E-state index in [0.29, 0.717) is 5.69 Å². The van der Waals surface area contributed by atoms with Crippen LogP contribution in [0.2, 0.25) is 0 Å². The summed E-state index contributed by atoms with van der Waals surface area (Å²) in [5.41, 5.74) is 0.548. The van der Waals surface area contributed by atoms with E-state index in [1.165, 1.54) is 12.1 Å². The molecule has 0 aliphatic carbocycles. The van der Waals surface area contributed by atoms with Gasteiger partial charge in [-0.2, -0.15) is 13.2 Å². The van der Waals surface area contributed by atoms with E-state index in [4.69, 9.17) is 4.52 Å². The number of amides is 1. The van der Waals surface area contributed by atoms with Crippen molar-refractivity contribution in [2.45, 2.75) is 12.7 Å². The van der Waals surface area contributed by atoms with E-state index in [-0.39, 0.29) is 17.9 Å². The summed E-state index contributed by atoms with van der Waals surface area (Å²) in [5.74, 6) is -0.594. The molecule has 1 N–H and O–H groups in total. The van der Waals surface area contributed by atoms with Crippen molar-refractivity contribution in [2.24, 2.45) is 0 Å². The number of aromatic nitrogens is 2. The Balaban J connectivity index is 1.67. The summed E-state index contributed by atoms with van der Waals surface area (Å²) in [6.07, 6.45) is -3.48. The standard InChI is InChI=1S/C17H12F3N3O2/c18-17(19,20)15-8-11(6-7-21-15)10-22-16(24)14-9-13(23-25-14)12-4-2-1-3-5-12/h1-9H,10H2,(H,22,24). The SMILES string of the molecule is O=C(NCc1ccnc(C(F)(F)F)c1)c1cc(-c2ccccc2)no1. The minimum absolute atomic E-state index is 0.0241. The van der Waals surface area contributed by atoms with Gasteiger partial charge >= 0.3 is 6.18 Å². The fourth-order valence-electron chi connectivity index (χ4n) is 2.14. The van der Waals surface area contributed by atoms with E-state index < -0.39 is 17.8 Å². The quantitative estimate of drug-likeness (QED) is 0.782. The van der Waals surface area contributed by atoms with Crippen LogP contribution in [0.15, 0.2) is 59.3 Å². The summed E-state index contributed by atoms with van der Waals surface area (Å²) < 4.78 is 42.9. The number of nitrogens with zero attached hydrogens (tertiary/aromatic N) is 2. The maximum absolute atomic E-state index is 12.6. The molecule has 0 atom stereocenters. The first kappa shape index (κ1) is 16.7. The zero-order valence-electron chi connectivity index (χ0n) is 12.7. The van der Waals surface area contributed by atoms with E-state index in [2.05, 4.69) is 15.5 Å². The largest absolute Gasteiger partial charge is 0.433 e. The summed E-state index contributed by atoms with van der Waals surface area (Å²) in [6, 6.07) is 12.9. The molecule has 0 spiro atoms. The van der Waals surface area contributed by atoms with Gasteiger partial charge < -0.3 is 9.84 Å². The van der Waals surface area contributed by atoms with Gasteiger partial charge in [-0.1, -0.05) is 35.5 Å². The van der Waals surface area contributed by atoms with Gasteiger partial charge in [0.05, 0.1) is 0 Å². The number of alkyl halides is 3. The van der Waals surface area contributed by atoms with Crippen molar-refractivity contribution in [3.8, 4) is 11.3 Å². The lowest BCUT2D eigenvalue weighted by Crippen LogP contribution is -2.22. The van der Waals surface area contributed by atoms with Gasteiger partial charge in [0.15, 0.2) is 0 Å². The van der Waals surface area contributed by atoms with Gasteiger partial charge in [-0.05, 0) is 17.7 Å². The zero-order valence-corrected chi connectivity index (χ0v) is 12.7. The Morgan fingerprint density at radius 3 is 2.60 bits per heavy atom. The third kappa shape index (κ3) is 4.03. The van der Waals surface area contributed by atoms with E-state index in [1.54, 1.807) is 0 Å². The molecule has 2 aromatic heterocycles. The first-order chi connectivity index (χ1) is 11.9. The third-order valence-electron chi connectivity index (χ3n) is 3.37. The van der Waals surface area contributed by atoms with Crippen molar-refractivity contribution in [3.63, 3.8) is 0 Å². The maximum Gasteiger partial charge on any atom is 0.433 e. The molecule has 0 bridgehead atoms. The molecule has 5 nitrogen and oxygen atoms in total. The van der Waals surface area contributed by atoms with Crippen LogP contribution in [0.1, 0.15) is 21.8 Å². The van der Waals surface area contributed by atoms with Crippen LogP contribution in [0.3, 0.4) is 0 Å². The average molecular weight is 347 g/mol. The normalized spacial score (nSPS) is 11.3. The number of hydrogen-bond acceptors (Lipinski definition) is 4. The Morgan fingerprint density at radius 1 is 1.12 bits per heavy atom. The molecular formula is C17H12F3N3O2. The average Bonchev–Trinajstić information content (AvgIpc) is 3.10. The van der Waals surface area contributed by atoms with Gasteiger partial charge in [0, 0.05) is 24.4 Å². The summed E-state index contributed by atoms with van der Waals surface area (Å²) in [4.78, 5) is 15.3.